The molecule has 0 saturated heterocycles. The lowest BCUT2D eigenvalue weighted by Crippen LogP contribution is -2.21. The molecule has 112 valence electrons. The predicted molar refractivity (Wildman–Crippen MR) is 82.7 cm³/mol. The summed E-state index contributed by atoms with van der Waals surface area (Å²) in [6.07, 6.45) is 7.56. The van der Waals surface area contributed by atoms with Gasteiger partial charge < -0.3 is 10.1 Å². The minimum Gasteiger partial charge on any atom is -0.494 e. The van der Waals surface area contributed by atoms with Gasteiger partial charge >= 0.3 is 0 Å². The summed E-state index contributed by atoms with van der Waals surface area (Å²) in [4.78, 5) is 0. The molecule has 0 heterocycles. The van der Waals surface area contributed by atoms with E-state index < -0.39 is 0 Å². The van der Waals surface area contributed by atoms with E-state index in [1.807, 2.05) is 12.1 Å². The maximum Gasteiger partial charge on any atom is 0.165 e. The van der Waals surface area contributed by atoms with Crippen LogP contribution in [0.25, 0.3) is 0 Å². The Kier molecular flexibility index (Phi) is 7.97. The van der Waals surface area contributed by atoms with Gasteiger partial charge in [-0.2, -0.15) is 0 Å². The van der Waals surface area contributed by atoms with Crippen LogP contribution in [0.15, 0.2) is 30.9 Å². The Morgan fingerprint density at radius 3 is 2.75 bits per heavy atom. The van der Waals surface area contributed by atoms with Crippen LogP contribution in [-0.4, -0.2) is 13.7 Å². The van der Waals surface area contributed by atoms with Crippen molar-refractivity contribution in [2.45, 2.75) is 45.1 Å². The number of halogens is 1. The highest BCUT2D eigenvalue weighted by atomic mass is 19.1. The number of allylic oxidation sites excluding steroid dienone is 1. The fraction of sp³-hybridized carbons (Fsp3) is 0.529. The molecular formula is C17H26FNO. The van der Waals surface area contributed by atoms with Crippen molar-refractivity contribution in [2.24, 2.45) is 0 Å². The van der Waals surface area contributed by atoms with Gasteiger partial charge in [-0.3, -0.25) is 0 Å². The highest BCUT2D eigenvalue weighted by Gasteiger charge is 2.12. The molecule has 0 aliphatic rings. The normalized spacial score (nSPS) is 12.2. The third-order valence-corrected chi connectivity index (χ3v) is 3.43. The lowest BCUT2D eigenvalue weighted by molar-refractivity contribution is 0.385. The summed E-state index contributed by atoms with van der Waals surface area (Å²) in [6, 6.07) is 5.44. The molecule has 0 spiro atoms. The lowest BCUT2D eigenvalue weighted by Gasteiger charge is -2.19. The van der Waals surface area contributed by atoms with Crippen molar-refractivity contribution < 1.29 is 9.13 Å². The quantitative estimate of drug-likeness (QED) is 0.498. The van der Waals surface area contributed by atoms with Crippen molar-refractivity contribution in [3.8, 4) is 5.75 Å². The summed E-state index contributed by atoms with van der Waals surface area (Å²) in [5.74, 6) is 0.00884. The Bertz CT molecular complexity index is 406. The van der Waals surface area contributed by atoms with E-state index in [1.54, 1.807) is 12.1 Å². The van der Waals surface area contributed by atoms with Crippen LogP contribution in [0.3, 0.4) is 0 Å². The topological polar surface area (TPSA) is 21.3 Å². The molecule has 3 heteroatoms. The molecule has 1 aromatic carbocycles. The molecule has 0 radical (unpaired) electrons. The molecule has 2 nitrogen and oxygen atoms in total. The molecule has 0 fully saturated rings. The van der Waals surface area contributed by atoms with Crippen molar-refractivity contribution >= 4 is 0 Å². The zero-order valence-electron chi connectivity index (χ0n) is 12.6. The minimum atomic E-state index is -0.292. The average molecular weight is 279 g/mol. The van der Waals surface area contributed by atoms with Crippen LogP contribution in [-0.2, 0) is 0 Å². The predicted octanol–water partition coefficient (Wildman–Crippen LogP) is 4.62. The van der Waals surface area contributed by atoms with Gasteiger partial charge in [-0.05, 0) is 43.5 Å². The summed E-state index contributed by atoms with van der Waals surface area (Å²) in [7, 11) is 1.49. The molecule has 0 aliphatic carbocycles. The second-order valence-electron chi connectivity index (χ2n) is 4.93. The maximum atomic E-state index is 13.8. The van der Waals surface area contributed by atoms with Gasteiger partial charge in [0.05, 0.1) is 7.11 Å². The van der Waals surface area contributed by atoms with Crippen molar-refractivity contribution in [2.75, 3.05) is 13.7 Å². The zero-order chi connectivity index (χ0) is 14.8. The molecule has 0 aromatic heterocycles. The van der Waals surface area contributed by atoms with Gasteiger partial charge in [-0.15, -0.1) is 6.58 Å². The first-order valence-corrected chi connectivity index (χ1v) is 7.40. The van der Waals surface area contributed by atoms with Gasteiger partial charge in [0.25, 0.3) is 0 Å². The van der Waals surface area contributed by atoms with Crippen molar-refractivity contribution in [3.63, 3.8) is 0 Å². The Labute approximate surface area is 122 Å². The van der Waals surface area contributed by atoms with Gasteiger partial charge in [-0.1, -0.05) is 31.9 Å². The Morgan fingerprint density at radius 2 is 2.15 bits per heavy atom. The van der Waals surface area contributed by atoms with Gasteiger partial charge in [0.15, 0.2) is 11.6 Å². The summed E-state index contributed by atoms with van der Waals surface area (Å²) in [5, 5.41) is 3.43. The zero-order valence-corrected chi connectivity index (χ0v) is 12.6. The van der Waals surface area contributed by atoms with Crippen LogP contribution in [0.1, 0.15) is 50.6 Å². The molecule has 0 aliphatic heterocycles. The smallest absolute Gasteiger partial charge is 0.165 e. The molecule has 0 saturated carbocycles. The fourth-order valence-electron chi connectivity index (χ4n) is 2.35. The lowest BCUT2D eigenvalue weighted by atomic mass is 9.99. The molecular weight excluding hydrogens is 253 g/mol. The van der Waals surface area contributed by atoms with Crippen LogP contribution < -0.4 is 10.1 Å². The molecule has 0 bridgehead atoms. The van der Waals surface area contributed by atoms with Crippen molar-refractivity contribution in [1.82, 2.24) is 5.32 Å². The van der Waals surface area contributed by atoms with E-state index in [4.69, 9.17) is 4.74 Å². The van der Waals surface area contributed by atoms with Crippen molar-refractivity contribution in [1.29, 1.82) is 0 Å². The highest BCUT2D eigenvalue weighted by molar-refractivity contribution is 5.31. The van der Waals surface area contributed by atoms with E-state index in [2.05, 4.69) is 18.8 Å². The third kappa shape index (κ3) is 5.33. The highest BCUT2D eigenvalue weighted by Crippen LogP contribution is 2.25. The van der Waals surface area contributed by atoms with E-state index in [9.17, 15) is 4.39 Å². The molecule has 1 atom stereocenters. The Balaban J connectivity index is 2.60. The summed E-state index contributed by atoms with van der Waals surface area (Å²) >= 11 is 0. The van der Waals surface area contributed by atoms with Gasteiger partial charge in [0.2, 0.25) is 0 Å². The summed E-state index contributed by atoms with van der Waals surface area (Å²) < 4.78 is 18.7. The van der Waals surface area contributed by atoms with E-state index in [0.29, 0.717) is 5.75 Å². The number of hydrogen-bond donors (Lipinski definition) is 1. The van der Waals surface area contributed by atoms with Crippen LogP contribution in [0, 0.1) is 5.82 Å². The van der Waals surface area contributed by atoms with E-state index in [0.717, 1.165) is 31.4 Å². The molecule has 1 N–H and O–H groups in total. The Hall–Kier alpha value is -1.35. The number of rotatable bonds is 10. The number of unbranched alkanes of at least 4 members (excludes halogenated alkanes) is 3. The number of ether oxygens (including phenoxy) is 1. The van der Waals surface area contributed by atoms with Crippen LogP contribution in [0.5, 0.6) is 5.75 Å². The summed E-state index contributed by atoms with van der Waals surface area (Å²) in [5.41, 5.74) is 0.994. The minimum absolute atomic E-state index is 0.212. The van der Waals surface area contributed by atoms with E-state index in [1.165, 1.54) is 20.0 Å². The summed E-state index contributed by atoms with van der Waals surface area (Å²) in [6.45, 7) is 6.68. The van der Waals surface area contributed by atoms with E-state index in [-0.39, 0.29) is 11.9 Å². The third-order valence-electron chi connectivity index (χ3n) is 3.43. The second kappa shape index (κ2) is 9.54. The number of methoxy groups -OCH3 is 1. The fourth-order valence-corrected chi connectivity index (χ4v) is 2.35. The monoisotopic (exact) mass is 279 g/mol. The first kappa shape index (κ1) is 16.7. The van der Waals surface area contributed by atoms with Gasteiger partial charge in [0, 0.05) is 6.04 Å². The molecule has 0 amide bonds. The van der Waals surface area contributed by atoms with Crippen LogP contribution >= 0.6 is 0 Å². The number of hydrogen-bond acceptors (Lipinski definition) is 2. The van der Waals surface area contributed by atoms with E-state index >= 15 is 0 Å². The van der Waals surface area contributed by atoms with Crippen LogP contribution in [0.4, 0.5) is 4.39 Å². The standard InChI is InChI=1S/C17H26FNO/c1-4-6-7-8-9-10-16(19-5-2)14-11-12-17(20-3)15(18)13-14/h4,11-13,16,19H,1,5-10H2,2-3H3. The largest absolute Gasteiger partial charge is 0.494 e. The van der Waals surface area contributed by atoms with Gasteiger partial charge in [-0.25, -0.2) is 4.39 Å². The number of benzene rings is 1. The van der Waals surface area contributed by atoms with Gasteiger partial charge in [0.1, 0.15) is 0 Å². The average Bonchev–Trinajstić information content (AvgIpc) is 2.46. The molecule has 1 unspecified atom stereocenters. The first-order chi connectivity index (χ1) is 9.72. The Morgan fingerprint density at radius 1 is 1.35 bits per heavy atom. The first-order valence-electron chi connectivity index (χ1n) is 7.40. The van der Waals surface area contributed by atoms with Crippen LogP contribution in [0.2, 0.25) is 0 Å². The molecule has 1 aromatic rings. The maximum absolute atomic E-state index is 13.8. The van der Waals surface area contributed by atoms with Crippen molar-refractivity contribution in [3.05, 3.63) is 42.2 Å². The SMILES string of the molecule is C=CCCCCCC(NCC)c1ccc(OC)c(F)c1. The molecule has 1 rings (SSSR count). The second-order valence-corrected chi connectivity index (χ2v) is 4.93. The number of nitrogens with one attached hydrogen (secondary N) is 1. The molecule has 20 heavy (non-hydrogen) atoms.